The summed E-state index contributed by atoms with van der Waals surface area (Å²) < 4.78 is 28.3. The van der Waals surface area contributed by atoms with Crippen molar-refractivity contribution in [3.05, 3.63) is 57.3 Å². The SMILES string of the molecule is CC(NCc1ccc2c(c1)nc(NC(=O)c1ccc(C(F)F)s1)n2CC1CCCN1C(=O)C(C#N)=CC(C)(C)C)C(C)(C)C. The van der Waals surface area contributed by atoms with Gasteiger partial charge in [-0.2, -0.15) is 5.26 Å². The monoisotopic (exact) mass is 624 g/mol. The number of fused-ring (bicyclic) bond motifs is 1. The van der Waals surface area contributed by atoms with Crippen LogP contribution in [0.4, 0.5) is 14.7 Å². The molecule has 4 rings (SSSR count). The number of halogens is 2. The smallest absolute Gasteiger partial charge is 0.272 e. The number of amides is 2. The summed E-state index contributed by atoms with van der Waals surface area (Å²) in [4.78, 5) is 33.1. The van der Waals surface area contributed by atoms with Crippen molar-refractivity contribution >= 4 is 40.1 Å². The molecule has 1 aliphatic heterocycles. The van der Waals surface area contributed by atoms with Crippen molar-refractivity contribution in [3.63, 3.8) is 0 Å². The second kappa shape index (κ2) is 13.2. The highest BCUT2D eigenvalue weighted by atomic mass is 32.1. The van der Waals surface area contributed by atoms with Crippen LogP contribution in [0.15, 0.2) is 42.0 Å². The number of aromatic nitrogens is 2. The number of nitrogens with one attached hydrogen (secondary N) is 2. The summed E-state index contributed by atoms with van der Waals surface area (Å²) in [5.74, 6) is -0.562. The highest BCUT2D eigenvalue weighted by molar-refractivity contribution is 7.14. The largest absolute Gasteiger partial charge is 0.333 e. The number of nitrogens with zero attached hydrogens (tertiary/aromatic N) is 4. The molecule has 236 valence electrons. The Kier molecular flexibility index (Phi) is 9.96. The van der Waals surface area contributed by atoms with E-state index in [1.165, 1.54) is 12.1 Å². The van der Waals surface area contributed by atoms with Gasteiger partial charge in [0.1, 0.15) is 11.6 Å². The van der Waals surface area contributed by atoms with Gasteiger partial charge in [-0.25, -0.2) is 13.8 Å². The number of rotatable bonds is 9. The standard InChI is InChI=1S/C33H42F2N6O2S/c1-20(33(5,6)7)37-18-21-10-11-25-24(15-21)38-31(39-29(42)27-13-12-26(44-27)28(34)35)41(25)19-23-9-8-14-40(23)30(43)22(17-36)16-32(2,3)4/h10-13,15-16,20,23,28,37H,8-9,14,18-19H2,1-7H3,(H,38,39,42). The van der Waals surface area contributed by atoms with Crippen LogP contribution in [0, 0.1) is 22.2 Å². The zero-order valence-corrected chi connectivity index (χ0v) is 27.3. The lowest BCUT2D eigenvalue weighted by molar-refractivity contribution is -0.127. The first kappa shape index (κ1) is 33.3. The Morgan fingerprint density at radius 3 is 2.52 bits per heavy atom. The third kappa shape index (κ3) is 7.90. The van der Waals surface area contributed by atoms with Gasteiger partial charge in [-0.05, 0) is 60.4 Å². The maximum Gasteiger partial charge on any atom is 0.272 e. The van der Waals surface area contributed by atoms with Gasteiger partial charge in [0, 0.05) is 25.7 Å². The average molecular weight is 625 g/mol. The molecule has 2 unspecified atom stereocenters. The first-order chi connectivity index (χ1) is 20.6. The molecule has 1 saturated heterocycles. The molecule has 2 amide bonds. The Morgan fingerprint density at radius 1 is 1.18 bits per heavy atom. The first-order valence-corrected chi connectivity index (χ1v) is 15.7. The van der Waals surface area contributed by atoms with Crippen molar-refractivity contribution in [3.8, 4) is 6.07 Å². The van der Waals surface area contributed by atoms with E-state index in [-0.39, 0.29) is 50.1 Å². The van der Waals surface area contributed by atoms with Gasteiger partial charge >= 0.3 is 0 Å². The van der Waals surface area contributed by atoms with Crippen molar-refractivity contribution in [2.45, 2.75) is 92.9 Å². The van der Waals surface area contributed by atoms with E-state index in [4.69, 9.17) is 4.98 Å². The molecule has 44 heavy (non-hydrogen) atoms. The van der Waals surface area contributed by atoms with E-state index in [1.807, 2.05) is 43.5 Å². The molecule has 0 spiro atoms. The third-order valence-corrected chi connectivity index (χ3v) is 9.07. The third-order valence-electron chi connectivity index (χ3n) is 7.97. The Bertz CT molecular complexity index is 1590. The van der Waals surface area contributed by atoms with E-state index in [1.54, 1.807) is 11.0 Å². The fraction of sp³-hybridized carbons (Fsp3) is 0.515. The maximum absolute atomic E-state index is 13.5. The van der Waals surface area contributed by atoms with Crippen molar-refractivity contribution in [2.75, 3.05) is 11.9 Å². The van der Waals surface area contributed by atoms with E-state index in [2.05, 4.69) is 44.4 Å². The number of carbonyl (C=O) groups excluding carboxylic acids is 2. The van der Waals surface area contributed by atoms with Crippen molar-refractivity contribution in [1.29, 1.82) is 5.26 Å². The second-order valence-corrected chi connectivity index (χ2v) is 14.7. The number of imidazole rings is 1. The van der Waals surface area contributed by atoms with Crippen LogP contribution >= 0.6 is 11.3 Å². The van der Waals surface area contributed by atoms with E-state index < -0.39 is 12.3 Å². The molecule has 8 nitrogen and oxygen atoms in total. The summed E-state index contributed by atoms with van der Waals surface area (Å²) in [5.41, 5.74) is 2.34. The Balaban J connectivity index is 1.67. The van der Waals surface area contributed by atoms with E-state index in [0.717, 1.165) is 35.3 Å². The minimum Gasteiger partial charge on any atom is -0.333 e. The molecule has 11 heteroatoms. The number of nitriles is 1. The molecule has 0 aliphatic carbocycles. The van der Waals surface area contributed by atoms with Gasteiger partial charge in [0.15, 0.2) is 0 Å². The van der Waals surface area contributed by atoms with Crippen LogP contribution in [0.25, 0.3) is 11.0 Å². The molecular weight excluding hydrogens is 582 g/mol. The molecule has 0 bridgehead atoms. The maximum atomic E-state index is 13.5. The number of allylic oxidation sites excluding steroid dienone is 1. The number of anilines is 1. The molecule has 0 radical (unpaired) electrons. The molecule has 1 aliphatic rings. The summed E-state index contributed by atoms with van der Waals surface area (Å²) in [6.07, 6.45) is 0.554. The highest BCUT2D eigenvalue weighted by Gasteiger charge is 2.33. The van der Waals surface area contributed by atoms with Gasteiger partial charge in [-0.1, -0.05) is 53.7 Å². The molecule has 0 saturated carbocycles. The second-order valence-electron chi connectivity index (χ2n) is 13.6. The van der Waals surface area contributed by atoms with Gasteiger partial charge in [0.05, 0.1) is 26.8 Å². The number of hydrogen-bond acceptors (Lipinski definition) is 6. The van der Waals surface area contributed by atoms with Gasteiger partial charge in [0.2, 0.25) is 5.95 Å². The molecular formula is C33H42F2N6O2S. The summed E-state index contributed by atoms with van der Waals surface area (Å²) in [6.45, 7) is 16.0. The average Bonchev–Trinajstić information content (AvgIpc) is 3.68. The summed E-state index contributed by atoms with van der Waals surface area (Å²) in [5, 5.41) is 16.2. The number of hydrogen-bond donors (Lipinski definition) is 2. The number of thiophene rings is 1. The van der Waals surface area contributed by atoms with Crippen LogP contribution in [0.1, 0.15) is 87.8 Å². The Labute approximate surface area is 262 Å². The van der Waals surface area contributed by atoms with E-state index >= 15 is 0 Å². The number of carbonyl (C=O) groups is 2. The van der Waals surface area contributed by atoms with E-state index in [0.29, 0.717) is 25.2 Å². The van der Waals surface area contributed by atoms with Gasteiger partial charge < -0.3 is 14.8 Å². The summed E-state index contributed by atoms with van der Waals surface area (Å²) in [7, 11) is 0. The zero-order valence-electron chi connectivity index (χ0n) is 26.5. The number of likely N-dealkylation sites (tertiary alicyclic amines) is 1. The molecule has 2 aromatic heterocycles. The fourth-order valence-corrected chi connectivity index (χ4v) is 5.89. The van der Waals surface area contributed by atoms with Gasteiger partial charge in [-0.15, -0.1) is 11.3 Å². The predicted octanol–water partition coefficient (Wildman–Crippen LogP) is 7.30. The highest BCUT2D eigenvalue weighted by Crippen LogP contribution is 2.30. The van der Waals surface area contributed by atoms with Crippen molar-refractivity contribution < 1.29 is 18.4 Å². The van der Waals surface area contributed by atoms with Crippen LogP contribution < -0.4 is 10.6 Å². The van der Waals surface area contributed by atoms with Crippen molar-refractivity contribution in [2.24, 2.45) is 10.8 Å². The lowest BCUT2D eigenvalue weighted by Crippen LogP contribution is -2.39. The number of benzene rings is 1. The Morgan fingerprint density at radius 2 is 1.91 bits per heavy atom. The van der Waals surface area contributed by atoms with Crippen LogP contribution in [0.5, 0.6) is 0 Å². The van der Waals surface area contributed by atoms with Crippen LogP contribution in [-0.2, 0) is 17.9 Å². The van der Waals surface area contributed by atoms with Gasteiger partial charge in [0.25, 0.3) is 18.2 Å². The molecule has 3 heterocycles. The summed E-state index contributed by atoms with van der Waals surface area (Å²) >= 11 is 0.745. The lowest BCUT2D eigenvalue weighted by Gasteiger charge is -2.28. The first-order valence-electron chi connectivity index (χ1n) is 14.9. The zero-order chi connectivity index (χ0) is 32.4. The minimum atomic E-state index is -2.66. The molecule has 2 N–H and O–H groups in total. The van der Waals surface area contributed by atoms with Crippen molar-refractivity contribution in [1.82, 2.24) is 19.8 Å². The molecule has 2 atom stereocenters. The minimum absolute atomic E-state index is 0.0905. The van der Waals surface area contributed by atoms with Crippen LogP contribution in [-0.4, -0.2) is 44.9 Å². The quantitative estimate of drug-likeness (QED) is 0.192. The predicted molar refractivity (Wildman–Crippen MR) is 171 cm³/mol. The molecule has 1 aromatic carbocycles. The fourth-order valence-electron chi connectivity index (χ4n) is 5.13. The topological polar surface area (TPSA) is 103 Å². The molecule has 3 aromatic rings. The van der Waals surface area contributed by atoms with Gasteiger partial charge in [-0.3, -0.25) is 14.9 Å². The van der Waals surface area contributed by atoms with Crippen LogP contribution in [0.2, 0.25) is 0 Å². The molecule has 1 fully saturated rings. The normalized spacial score (nSPS) is 16.9. The Hall–Kier alpha value is -3.62. The lowest BCUT2D eigenvalue weighted by atomic mass is 9.88. The van der Waals surface area contributed by atoms with E-state index in [9.17, 15) is 23.6 Å². The number of alkyl halides is 2. The van der Waals surface area contributed by atoms with Crippen LogP contribution in [0.3, 0.4) is 0 Å². The summed E-state index contributed by atoms with van der Waals surface area (Å²) in [6, 6.07) is 10.7.